The Morgan fingerprint density at radius 1 is 0.696 bits per heavy atom. The maximum atomic E-state index is 13.6. The number of esters is 1. The van der Waals surface area contributed by atoms with E-state index in [2.05, 4.69) is 26.3 Å². The zero-order valence-electron chi connectivity index (χ0n) is 31.1. The quantitative estimate of drug-likeness (QED) is 0.0642. The van der Waals surface area contributed by atoms with Gasteiger partial charge in [0.2, 0.25) is 23.6 Å². The largest absolute Gasteiger partial charge is 0.481 e. The average Bonchev–Trinajstić information content (AvgIpc) is 3.55. The molecule has 0 spiro atoms. The summed E-state index contributed by atoms with van der Waals surface area (Å²) in [4.78, 5) is 105. The van der Waals surface area contributed by atoms with Gasteiger partial charge in [-0.25, -0.2) is 0 Å². The summed E-state index contributed by atoms with van der Waals surface area (Å²) in [5.74, 6) is -8.22. The molecule has 4 unspecified atom stereocenters. The first-order valence-corrected chi connectivity index (χ1v) is 17.9. The number of amides is 4. The van der Waals surface area contributed by atoms with Gasteiger partial charge in [0.25, 0.3) is 0 Å². The molecule has 0 fully saturated rings. The van der Waals surface area contributed by atoms with Crippen LogP contribution >= 0.6 is 0 Å². The number of Topliss-reactive ketones (excluding diaryl/α,β-unsaturated/α-hetero) is 1. The molecule has 4 aromatic rings. The predicted octanol–water partition coefficient (Wildman–Crippen LogP) is 2.17. The van der Waals surface area contributed by atoms with E-state index in [-0.39, 0.29) is 19.3 Å². The molecule has 4 amide bonds. The second-order valence-electron chi connectivity index (χ2n) is 13.6. The average molecular weight is 772 g/mol. The third-order valence-corrected chi connectivity index (χ3v) is 8.99. The summed E-state index contributed by atoms with van der Waals surface area (Å²) in [5, 5.41) is 31.3. The summed E-state index contributed by atoms with van der Waals surface area (Å²) in [6, 6.07) is 14.4. The number of carboxylic acid groups (broad SMARTS) is 2. The van der Waals surface area contributed by atoms with Crippen LogP contribution in [0, 0.1) is 5.92 Å². The van der Waals surface area contributed by atoms with Gasteiger partial charge in [-0.1, -0.05) is 74.5 Å². The molecule has 0 aliphatic carbocycles. The van der Waals surface area contributed by atoms with E-state index in [1.165, 1.54) is 6.92 Å². The van der Waals surface area contributed by atoms with Crippen LogP contribution in [0.3, 0.4) is 0 Å². The highest BCUT2D eigenvalue weighted by atomic mass is 16.5. The van der Waals surface area contributed by atoms with Crippen molar-refractivity contribution in [2.24, 2.45) is 5.92 Å². The number of carbonyl (C=O) groups excluding carboxylic acids is 6. The smallest absolute Gasteiger partial charge is 0.310 e. The minimum absolute atomic E-state index is 0.0250. The molecular formula is C40H45N5O11. The number of fused-ring (bicyclic) bond motifs is 2. The Hall–Kier alpha value is -6.58. The van der Waals surface area contributed by atoms with Gasteiger partial charge < -0.3 is 41.2 Å². The van der Waals surface area contributed by atoms with Gasteiger partial charge in [0, 0.05) is 36.9 Å². The lowest BCUT2D eigenvalue weighted by atomic mass is 10.00. The molecule has 296 valence electrons. The molecule has 4 rings (SSSR count). The number of aromatic nitrogens is 1. The number of carboxylic acids is 2. The standard InChI is InChI=1S/C40H45N5O11/c1-22(2)37(40(55)44-31(19-35(50)51)33(47)21-56-36(52)18-25-11-8-10-24-9-4-5-12-27(24)25)45-38(53)30(15-16-34(48)49)43-39(54)32(42-23(3)46)17-26-20-41-29-14-7-6-13-28(26)29/h4-14,20,22,30-32,37,41H,15-19,21H2,1-3H3,(H,42,46)(H,43,54)(H,44,55)(H,45,53)(H,48,49)(H,50,51). The highest BCUT2D eigenvalue weighted by molar-refractivity contribution is 5.98. The van der Waals surface area contributed by atoms with Gasteiger partial charge in [-0.2, -0.15) is 0 Å². The van der Waals surface area contributed by atoms with Crippen molar-refractivity contribution in [1.82, 2.24) is 26.3 Å². The van der Waals surface area contributed by atoms with Crippen LogP contribution in [0.5, 0.6) is 0 Å². The Balaban J connectivity index is 1.44. The molecule has 7 N–H and O–H groups in total. The summed E-state index contributed by atoms with van der Waals surface area (Å²) < 4.78 is 5.17. The zero-order chi connectivity index (χ0) is 40.9. The molecule has 0 radical (unpaired) electrons. The Labute approximate surface area is 321 Å². The van der Waals surface area contributed by atoms with Gasteiger partial charge in [-0.15, -0.1) is 0 Å². The van der Waals surface area contributed by atoms with Gasteiger partial charge in [0.1, 0.15) is 24.2 Å². The highest BCUT2D eigenvalue weighted by Gasteiger charge is 2.34. The summed E-state index contributed by atoms with van der Waals surface area (Å²) in [6.45, 7) is 3.51. The monoisotopic (exact) mass is 771 g/mol. The van der Waals surface area contributed by atoms with E-state index in [4.69, 9.17) is 4.74 Å². The Morgan fingerprint density at radius 2 is 1.34 bits per heavy atom. The molecule has 1 aromatic heterocycles. The van der Waals surface area contributed by atoms with Crippen LogP contribution in [-0.2, 0) is 55.9 Å². The summed E-state index contributed by atoms with van der Waals surface area (Å²) in [6.07, 6.45) is -0.242. The van der Waals surface area contributed by atoms with Crippen molar-refractivity contribution < 1.29 is 53.3 Å². The molecule has 16 heteroatoms. The lowest BCUT2D eigenvalue weighted by molar-refractivity contribution is -0.149. The van der Waals surface area contributed by atoms with Gasteiger partial charge in [-0.05, 0) is 40.3 Å². The van der Waals surface area contributed by atoms with E-state index in [1.54, 1.807) is 32.2 Å². The fraction of sp³-hybridized carbons (Fsp3) is 0.350. The van der Waals surface area contributed by atoms with Crippen molar-refractivity contribution in [3.05, 3.63) is 84.1 Å². The van der Waals surface area contributed by atoms with Crippen LogP contribution in [-0.4, -0.2) is 93.3 Å². The predicted molar refractivity (Wildman–Crippen MR) is 203 cm³/mol. The van der Waals surface area contributed by atoms with E-state index >= 15 is 0 Å². The number of hydrogen-bond acceptors (Lipinski definition) is 9. The minimum Gasteiger partial charge on any atom is -0.481 e. The first-order chi connectivity index (χ1) is 26.6. The number of ketones is 1. The number of nitrogens with one attached hydrogen (secondary N) is 5. The second kappa shape index (κ2) is 19.7. The van der Waals surface area contributed by atoms with E-state index in [1.807, 2.05) is 54.6 Å². The number of para-hydroxylation sites is 1. The molecule has 0 bridgehead atoms. The van der Waals surface area contributed by atoms with Crippen molar-refractivity contribution >= 4 is 69.0 Å². The molecule has 0 aliphatic heterocycles. The number of aliphatic carboxylic acids is 2. The summed E-state index contributed by atoms with van der Waals surface area (Å²) in [5.41, 5.74) is 2.15. The number of aromatic amines is 1. The fourth-order valence-corrected chi connectivity index (χ4v) is 6.16. The van der Waals surface area contributed by atoms with E-state index in [0.29, 0.717) is 11.1 Å². The van der Waals surface area contributed by atoms with Gasteiger partial charge in [0.05, 0.1) is 12.8 Å². The van der Waals surface area contributed by atoms with E-state index in [9.17, 15) is 48.6 Å². The van der Waals surface area contributed by atoms with Crippen LogP contribution in [0.2, 0.25) is 0 Å². The molecule has 3 aromatic carbocycles. The van der Waals surface area contributed by atoms with Crippen molar-refractivity contribution in [2.75, 3.05) is 6.61 Å². The van der Waals surface area contributed by atoms with E-state index < -0.39 is 96.9 Å². The van der Waals surface area contributed by atoms with Crippen LogP contribution < -0.4 is 21.3 Å². The lowest BCUT2D eigenvalue weighted by Crippen LogP contribution is -2.59. The fourth-order valence-electron chi connectivity index (χ4n) is 6.16. The number of H-pyrrole nitrogens is 1. The van der Waals surface area contributed by atoms with Crippen LogP contribution in [0.15, 0.2) is 72.9 Å². The van der Waals surface area contributed by atoms with Gasteiger partial charge >= 0.3 is 17.9 Å². The molecule has 56 heavy (non-hydrogen) atoms. The normalized spacial score (nSPS) is 13.2. The first kappa shape index (κ1) is 42.2. The van der Waals surface area contributed by atoms with Gasteiger partial charge in [-0.3, -0.25) is 38.4 Å². The Morgan fingerprint density at radius 3 is 2.02 bits per heavy atom. The van der Waals surface area contributed by atoms with Crippen molar-refractivity contribution in [3.8, 4) is 0 Å². The molecular weight excluding hydrogens is 726 g/mol. The zero-order valence-corrected chi connectivity index (χ0v) is 31.1. The third-order valence-electron chi connectivity index (χ3n) is 8.99. The maximum absolute atomic E-state index is 13.6. The first-order valence-electron chi connectivity index (χ1n) is 17.9. The second-order valence-corrected chi connectivity index (χ2v) is 13.6. The maximum Gasteiger partial charge on any atom is 0.310 e. The SMILES string of the molecule is CC(=O)NC(Cc1c[nH]c2ccccc12)C(=O)NC(CCC(=O)O)C(=O)NC(C(=O)NC(CC(=O)O)C(=O)COC(=O)Cc1cccc2ccccc12)C(C)C. The summed E-state index contributed by atoms with van der Waals surface area (Å²) >= 11 is 0. The number of hydrogen-bond donors (Lipinski definition) is 7. The number of rotatable bonds is 20. The minimum atomic E-state index is -1.64. The molecule has 0 saturated carbocycles. The third kappa shape index (κ3) is 12.0. The Bertz CT molecular complexity index is 2100. The molecule has 16 nitrogen and oxygen atoms in total. The number of ether oxygens (including phenoxy) is 1. The lowest BCUT2D eigenvalue weighted by Gasteiger charge is -2.27. The molecule has 0 aliphatic rings. The topological polar surface area (TPSA) is 250 Å². The van der Waals surface area contributed by atoms with Crippen LogP contribution in [0.4, 0.5) is 0 Å². The van der Waals surface area contributed by atoms with Gasteiger partial charge in [0.15, 0.2) is 12.4 Å². The number of carbonyl (C=O) groups is 8. The van der Waals surface area contributed by atoms with Crippen molar-refractivity contribution in [1.29, 1.82) is 0 Å². The molecule has 4 atom stereocenters. The number of benzene rings is 3. The molecule has 1 heterocycles. The van der Waals surface area contributed by atoms with Crippen molar-refractivity contribution in [2.45, 2.75) is 77.0 Å². The van der Waals surface area contributed by atoms with Crippen molar-refractivity contribution in [3.63, 3.8) is 0 Å². The molecule has 0 saturated heterocycles. The van der Waals surface area contributed by atoms with E-state index in [0.717, 1.165) is 21.7 Å². The van der Waals surface area contributed by atoms with Crippen LogP contribution in [0.1, 0.15) is 51.2 Å². The summed E-state index contributed by atoms with van der Waals surface area (Å²) in [7, 11) is 0. The van der Waals surface area contributed by atoms with Crippen LogP contribution in [0.25, 0.3) is 21.7 Å². The highest BCUT2D eigenvalue weighted by Crippen LogP contribution is 2.21. The Kier molecular flexibility index (Phi) is 14.8.